The molecule has 0 radical (unpaired) electrons. The number of hydrogen-bond acceptors (Lipinski definition) is 2. The number of H-pyrrole nitrogens is 1. The number of para-hydroxylation sites is 1. The molecule has 0 spiro atoms. The van der Waals surface area contributed by atoms with Gasteiger partial charge in [0.2, 0.25) is 0 Å². The van der Waals surface area contributed by atoms with Gasteiger partial charge in [0.25, 0.3) is 0 Å². The Bertz CT molecular complexity index is 697. The molecule has 1 N–H and O–H groups in total. The van der Waals surface area contributed by atoms with Gasteiger partial charge in [-0.25, -0.2) is 0 Å². The minimum absolute atomic E-state index is 0.0742. The van der Waals surface area contributed by atoms with Gasteiger partial charge in [0.05, 0.1) is 17.2 Å². The third-order valence-corrected chi connectivity index (χ3v) is 2.81. The van der Waals surface area contributed by atoms with E-state index >= 15 is 0 Å². The van der Waals surface area contributed by atoms with Crippen LogP contribution in [0, 0.1) is 0 Å². The Morgan fingerprint density at radius 3 is 2.94 bits per heavy atom. The Hall–Kier alpha value is -2.16. The molecule has 0 atom stereocenters. The normalized spacial score (nSPS) is 11.1. The minimum atomic E-state index is 0.0742. The summed E-state index contributed by atoms with van der Waals surface area (Å²) >= 11 is 0. The summed E-state index contributed by atoms with van der Waals surface area (Å²) in [6.07, 6.45) is 3.54. The molecule has 2 aromatic heterocycles. The van der Waals surface area contributed by atoms with Crippen LogP contribution in [0.25, 0.3) is 21.8 Å². The van der Waals surface area contributed by atoms with Crippen molar-refractivity contribution in [3.8, 4) is 0 Å². The van der Waals surface area contributed by atoms with Crippen molar-refractivity contribution in [3.05, 3.63) is 42.2 Å². The number of pyridine rings is 1. The molecule has 3 rings (SSSR count). The lowest BCUT2D eigenvalue weighted by Crippen LogP contribution is -1.92. The van der Waals surface area contributed by atoms with Gasteiger partial charge in [-0.05, 0) is 19.1 Å². The van der Waals surface area contributed by atoms with Crippen LogP contribution in [0.1, 0.15) is 17.3 Å². The third-order valence-electron chi connectivity index (χ3n) is 2.81. The lowest BCUT2D eigenvalue weighted by molar-refractivity contribution is 0.101. The van der Waals surface area contributed by atoms with Crippen molar-refractivity contribution < 1.29 is 4.79 Å². The second-order valence-electron chi connectivity index (χ2n) is 3.83. The van der Waals surface area contributed by atoms with E-state index in [1.165, 1.54) is 0 Å². The van der Waals surface area contributed by atoms with E-state index in [9.17, 15) is 4.79 Å². The van der Waals surface area contributed by atoms with E-state index in [1.807, 2.05) is 24.3 Å². The number of Topliss-reactive ketones (excluding diaryl/α,β-unsaturated/α-hetero) is 1. The van der Waals surface area contributed by atoms with E-state index in [-0.39, 0.29) is 5.78 Å². The van der Waals surface area contributed by atoms with Gasteiger partial charge in [0, 0.05) is 22.5 Å². The van der Waals surface area contributed by atoms with E-state index in [0.29, 0.717) is 0 Å². The molecule has 0 aliphatic rings. The summed E-state index contributed by atoms with van der Waals surface area (Å²) in [7, 11) is 0. The second kappa shape index (κ2) is 3.17. The molecule has 78 valence electrons. The summed E-state index contributed by atoms with van der Waals surface area (Å²) in [5.41, 5.74) is 2.60. The first-order valence-electron chi connectivity index (χ1n) is 5.13. The number of hydrogen-bond donors (Lipinski definition) is 1. The number of nitrogens with zero attached hydrogens (tertiary/aromatic N) is 1. The zero-order valence-electron chi connectivity index (χ0n) is 8.82. The first kappa shape index (κ1) is 9.09. The number of fused-ring (bicyclic) bond motifs is 3. The highest BCUT2D eigenvalue weighted by atomic mass is 16.1. The predicted octanol–water partition coefficient (Wildman–Crippen LogP) is 2.92. The van der Waals surface area contributed by atoms with Crippen LogP contribution in [0.15, 0.2) is 36.7 Å². The molecule has 3 heteroatoms. The highest BCUT2D eigenvalue weighted by Crippen LogP contribution is 2.26. The Kier molecular flexibility index (Phi) is 1.80. The Labute approximate surface area is 92.1 Å². The van der Waals surface area contributed by atoms with Crippen LogP contribution in [-0.4, -0.2) is 15.8 Å². The fourth-order valence-corrected chi connectivity index (χ4v) is 2.07. The lowest BCUT2D eigenvalue weighted by atomic mass is 10.1. The highest BCUT2D eigenvalue weighted by molar-refractivity contribution is 6.14. The van der Waals surface area contributed by atoms with Gasteiger partial charge in [0.1, 0.15) is 0 Å². The van der Waals surface area contributed by atoms with E-state index in [1.54, 1.807) is 19.3 Å². The molecular formula is C13H10N2O. The molecule has 0 amide bonds. The number of carbonyl (C=O) groups excluding carboxylic acids is 1. The van der Waals surface area contributed by atoms with Gasteiger partial charge in [-0.1, -0.05) is 12.1 Å². The second-order valence-corrected chi connectivity index (χ2v) is 3.83. The van der Waals surface area contributed by atoms with Crippen molar-refractivity contribution in [3.63, 3.8) is 0 Å². The standard InChI is InChI=1S/C13H10N2O/c1-8(16)9-3-2-4-11-10-5-6-14-7-12(10)15-13(9)11/h2-7,15H,1H3. The number of aromatic amines is 1. The summed E-state index contributed by atoms with van der Waals surface area (Å²) < 4.78 is 0. The Morgan fingerprint density at radius 2 is 2.12 bits per heavy atom. The Morgan fingerprint density at radius 1 is 1.25 bits per heavy atom. The number of aromatic nitrogens is 2. The maximum atomic E-state index is 11.5. The number of rotatable bonds is 1. The number of ketones is 1. The first-order chi connectivity index (χ1) is 7.77. The van der Waals surface area contributed by atoms with Gasteiger partial charge in [-0.3, -0.25) is 9.78 Å². The van der Waals surface area contributed by atoms with Crippen molar-refractivity contribution in [2.75, 3.05) is 0 Å². The molecule has 16 heavy (non-hydrogen) atoms. The molecule has 3 aromatic rings. The fraction of sp³-hybridized carbons (Fsp3) is 0.0769. The van der Waals surface area contributed by atoms with E-state index < -0.39 is 0 Å². The lowest BCUT2D eigenvalue weighted by Gasteiger charge is -1.97. The summed E-state index contributed by atoms with van der Waals surface area (Å²) in [6, 6.07) is 7.72. The van der Waals surface area contributed by atoms with Crippen LogP contribution >= 0.6 is 0 Å². The average Bonchev–Trinajstić information content (AvgIpc) is 2.67. The quantitative estimate of drug-likeness (QED) is 0.627. The maximum absolute atomic E-state index is 11.5. The summed E-state index contributed by atoms with van der Waals surface area (Å²) in [5, 5.41) is 2.18. The van der Waals surface area contributed by atoms with Crippen LogP contribution in [0.4, 0.5) is 0 Å². The molecule has 1 aromatic carbocycles. The molecular weight excluding hydrogens is 200 g/mol. The molecule has 0 saturated heterocycles. The number of nitrogens with one attached hydrogen (secondary N) is 1. The summed E-state index contributed by atoms with van der Waals surface area (Å²) in [4.78, 5) is 18.8. The van der Waals surface area contributed by atoms with E-state index in [2.05, 4.69) is 9.97 Å². The van der Waals surface area contributed by atoms with Crippen LogP contribution in [-0.2, 0) is 0 Å². The van der Waals surface area contributed by atoms with E-state index in [0.717, 1.165) is 27.4 Å². The van der Waals surface area contributed by atoms with Crippen molar-refractivity contribution in [1.29, 1.82) is 0 Å². The number of benzene rings is 1. The van der Waals surface area contributed by atoms with Gasteiger partial charge in [-0.15, -0.1) is 0 Å². The molecule has 0 aliphatic heterocycles. The van der Waals surface area contributed by atoms with Gasteiger partial charge < -0.3 is 4.98 Å². The minimum Gasteiger partial charge on any atom is -0.353 e. The van der Waals surface area contributed by atoms with Gasteiger partial charge in [0.15, 0.2) is 5.78 Å². The van der Waals surface area contributed by atoms with Crippen LogP contribution in [0.5, 0.6) is 0 Å². The molecule has 0 saturated carbocycles. The summed E-state index contributed by atoms with van der Waals surface area (Å²) in [5.74, 6) is 0.0742. The van der Waals surface area contributed by atoms with Crippen molar-refractivity contribution in [2.24, 2.45) is 0 Å². The zero-order chi connectivity index (χ0) is 11.1. The fourth-order valence-electron chi connectivity index (χ4n) is 2.07. The van der Waals surface area contributed by atoms with Crippen LogP contribution in [0.2, 0.25) is 0 Å². The largest absolute Gasteiger partial charge is 0.353 e. The predicted molar refractivity (Wildman–Crippen MR) is 63.6 cm³/mol. The Balaban J connectivity index is 2.54. The molecule has 0 aliphatic carbocycles. The van der Waals surface area contributed by atoms with Crippen molar-refractivity contribution in [1.82, 2.24) is 9.97 Å². The molecule has 0 unspecified atom stereocenters. The van der Waals surface area contributed by atoms with Crippen molar-refractivity contribution >= 4 is 27.6 Å². The maximum Gasteiger partial charge on any atom is 0.161 e. The topological polar surface area (TPSA) is 45.8 Å². The van der Waals surface area contributed by atoms with Crippen molar-refractivity contribution in [2.45, 2.75) is 6.92 Å². The van der Waals surface area contributed by atoms with Crippen LogP contribution in [0.3, 0.4) is 0 Å². The molecule has 2 heterocycles. The highest BCUT2D eigenvalue weighted by Gasteiger charge is 2.09. The third kappa shape index (κ3) is 1.15. The number of carbonyl (C=O) groups is 1. The molecule has 3 nitrogen and oxygen atoms in total. The SMILES string of the molecule is CC(=O)c1cccc2c1[nH]c1cnccc12. The average molecular weight is 210 g/mol. The molecule has 0 bridgehead atoms. The first-order valence-corrected chi connectivity index (χ1v) is 5.13. The zero-order valence-corrected chi connectivity index (χ0v) is 8.82. The van der Waals surface area contributed by atoms with Gasteiger partial charge >= 0.3 is 0 Å². The monoisotopic (exact) mass is 210 g/mol. The van der Waals surface area contributed by atoms with Crippen LogP contribution < -0.4 is 0 Å². The van der Waals surface area contributed by atoms with E-state index in [4.69, 9.17) is 0 Å². The smallest absolute Gasteiger partial charge is 0.161 e. The van der Waals surface area contributed by atoms with Gasteiger partial charge in [-0.2, -0.15) is 0 Å². The summed E-state index contributed by atoms with van der Waals surface area (Å²) in [6.45, 7) is 1.58. The molecule has 0 fully saturated rings.